The van der Waals surface area contributed by atoms with Crippen molar-refractivity contribution in [2.75, 3.05) is 12.4 Å². The minimum atomic E-state index is -0.954. The van der Waals surface area contributed by atoms with Crippen molar-refractivity contribution in [3.05, 3.63) is 53.0 Å². The molecule has 5 nitrogen and oxygen atoms in total. The van der Waals surface area contributed by atoms with Crippen molar-refractivity contribution in [1.29, 1.82) is 0 Å². The Bertz CT molecular complexity index is 706. The molecule has 2 aromatic rings. The molecule has 116 valence electrons. The lowest BCUT2D eigenvalue weighted by Crippen LogP contribution is -2.28. The van der Waals surface area contributed by atoms with Crippen LogP contribution in [-0.4, -0.2) is 22.9 Å². The summed E-state index contributed by atoms with van der Waals surface area (Å²) in [5.41, 5.74) is 1.21. The first-order valence-corrected chi connectivity index (χ1v) is 6.69. The van der Waals surface area contributed by atoms with Crippen LogP contribution in [0.2, 0.25) is 0 Å². The van der Waals surface area contributed by atoms with Crippen molar-refractivity contribution in [3.8, 4) is 0 Å². The molecule has 1 heterocycles. The van der Waals surface area contributed by atoms with Gasteiger partial charge >= 0.3 is 0 Å². The normalized spacial score (nSPS) is 11.9. The van der Waals surface area contributed by atoms with E-state index in [4.69, 9.17) is 0 Å². The first-order chi connectivity index (χ1) is 10.4. The predicted molar refractivity (Wildman–Crippen MR) is 78.6 cm³/mol. The van der Waals surface area contributed by atoms with E-state index in [0.717, 1.165) is 12.1 Å². The zero-order valence-corrected chi connectivity index (χ0v) is 12.4. The summed E-state index contributed by atoms with van der Waals surface area (Å²) >= 11 is 0. The molecule has 1 atom stereocenters. The van der Waals surface area contributed by atoms with Gasteiger partial charge in [0.15, 0.2) is 23.1 Å². The molecule has 0 aliphatic heterocycles. The molecule has 2 rings (SSSR count). The number of carbonyl (C=O) groups excluding carboxylic acids is 1. The molecular formula is C15H16F2N4O. The third-order valence-corrected chi connectivity index (χ3v) is 3.14. The molecule has 0 aliphatic carbocycles. The highest BCUT2D eigenvalue weighted by Gasteiger charge is 2.18. The number of nitrogens with one attached hydrogen (secondary N) is 2. The van der Waals surface area contributed by atoms with Crippen molar-refractivity contribution < 1.29 is 13.6 Å². The maximum Gasteiger partial charge on any atom is 0.274 e. The van der Waals surface area contributed by atoms with Crippen molar-refractivity contribution in [1.82, 2.24) is 15.3 Å². The smallest absolute Gasteiger partial charge is 0.274 e. The number of amides is 1. The summed E-state index contributed by atoms with van der Waals surface area (Å²) in [6.07, 6.45) is 1.54. The molecule has 0 radical (unpaired) electrons. The Morgan fingerprint density at radius 1 is 1.27 bits per heavy atom. The van der Waals surface area contributed by atoms with E-state index in [-0.39, 0.29) is 5.69 Å². The van der Waals surface area contributed by atoms with E-state index in [1.165, 1.54) is 6.07 Å². The average molecular weight is 306 g/mol. The number of aromatic nitrogens is 2. The SMILES string of the molecule is CNc1ncc(C)nc1C(=O)N[C@@H](C)c1ccc(F)c(F)c1. The second kappa shape index (κ2) is 6.46. The van der Waals surface area contributed by atoms with E-state index in [0.29, 0.717) is 17.1 Å². The first kappa shape index (κ1) is 15.8. The molecule has 0 aliphatic rings. The van der Waals surface area contributed by atoms with Crippen LogP contribution in [0, 0.1) is 18.6 Å². The lowest BCUT2D eigenvalue weighted by atomic mass is 10.1. The van der Waals surface area contributed by atoms with Gasteiger partial charge in [-0.3, -0.25) is 4.79 Å². The highest BCUT2D eigenvalue weighted by molar-refractivity contribution is 5.96. The molecule has 1 amide bonds. The van der Waals surface area contributed by atoms with E-state index in [1.807, 2.05) is 0 Å². The summed E-state index contributed by atoms with van der Waals surface area (Å²) in [4.78, 5) is 20.5. The Balaban J connectivity index is 2.21. The van der Waals surface area contributed by atoms with E-state index in [2.05, 4.69) is 20.6 Å². The molecule has 1 aromatic heterocycles. The minimum absolute atomic E-state index is 0.150. The van der Waals surface area contributed by atoms with Gasteiger partial charge < -0.3 is 10.6 Å². The summed E-state index contributed by atoms with van der Waals surface area (Å²) in [6, 6.07) is 3.00. The van der Waals surface area contributed by atoms with Crippen LogP contribution < -0.4 is 10.6 Å². The number of anilines is 1. The van der Waals surface area contributed by atoms with Crippen molar-refractivity contribution in [3.63, 3.8) is 0 Å². The lowest BCUT2D eigenvalue weighted by molar-refractivity contribution is 0.0935. The van der Waals surface area contributed by atoms with Gasteiger partial charge in [0.1, 0.15) is 0 Å². The summed E-state index contributed by atoms with van der Waals surface area (Å²) < 4.78 is 26.2. The molecular weight excluding hydrogens is 290 g/mol. The van der Waals surface area contributed by atoms with E-state index in [9.17, 15) is 13.6 Å². The number of hydrogen-bond donors (Lipinski definition) is 2. The molecule has 1 aromatic carbocycles. The zero-order chi connectivity index (χ0) is 16.3. The van der Waals surface area contributed by atoms with Gasteiger partial charge in [-0.25, -0.2) is 18.7 Å². The van der Waals surface area contributed by atoms with Gasteiger partial charge in [0.2, 0.25) is 0 Å². The van der Waals surface area contributed by atoms with Crippen LogP contribution in [0.3, 0.4) is 0 Å². The molecule has 0 saturated heterocycles. The summed E-state index contributed by atoms with van der Waals surface area (Å²) in [5, 5.41) is 5.48. The number of carbonyl (C=O) groups is 1. The van der Waals surface area contributed by atoms with Crippen LogP contribution in [0.1, 0.15) is 34.7 Å². The standard InChI is InChI=1S/C15H16F2N4O/c1-8-7-19-14(18-3)13(20-8)15(22)21-9(2)10-4-5-11(16)12(17)6-10/h4-7,9H,1-3H3,(H,18,19)(H,21,22)/t9-/m0/s1. The number of aryl methyl sites for hydroxylation is 1. The van der Waals surface area contributed by atoms with E-state index in [1.54, 1.807) is 27.1 Å². The number of benzene rings is 1. The van der Waals surface area contributed by atoms with Gasteiger partial charge in [0.05, 0.1) is 17.9 Å². The molecule has 0 unspecified atom stereocenters. The zero-order valence-electron chi connectivity index (χ0n) is 12.4. The summed E-state index contributed by atoms with van der Waals surface area (Å²) in [5.74, 6) is -1.98. The highest BCUT2D eigenvalue weighted by Crippen LogP contribution is 2.17. The van der Waals surface area contributed by atoms with Crippen molar-refractivity contribution in [2.45, 2.75) is 19.9 Å². The fraction of sp³-hybridized carbons (Fsp3) is 0.267. The highest BCUT2D eigenvalue weighted by atomic mass is 19.2. The molecule has 2 N–H and O–H groups in total. The van der Waals surface area contributed by atoms with Crippen LogP contribution in [0.15, 0.2) is 24.4 Å². The third-order valence-electron chi connectivity index (χ3n) is 3.14. The van der Waals surface area contributed by atoms with Crippen LogP contribution in [0.5, 0.6) is 0 Å². The van der Waals surface area contributed by atoms with Gasteiger partial charge in [-0.2, -0.15) is 0 Å². The Kier molecular flexibility index (Phi) is 4.65. The fourth-order valence-electron chi connectivity index (χ4n) is 1.95. The maximum atomic E-state index is 13.3. The number of halogens is 2. The molecule has 0 saturated carbocycles. The largest absolute Gasteiger partial charge is 0.371 e. The molecule has 0 fully saturated rings. The van der Waals surface area contributed by atoms with Gasteiger partial charge in [-0.05, 0) is 31.5 Å². The Hall–Kier alpha value is -2.57. The predicted octanol–water partition coefficient (Wildman–Crippen LogP) is 2.60. The quantitative estimate of drug-likeness (QED) is 0.911. The second-order valence-corrected chi connectivity index (χ2v) is 4.83. The summed E-state index contributed by atoms with van der Waals surface area (Å²) in [6.45, 7) is 3.40. The van der Waals surface area contributed by atoms with Crippen LogP contribution in [0.4, 0.5) is 14.6 Å². The molecule has 0 bridgehead atoms. The topological polar surface area (TPSA) is 66.9 Å². The van der Waals surface area contributed by atoms with Gasteiger partial charge in [0.25, 0.3) is 5.91 Å². The van der Waals surface area contributed by atoms with Crippen molar-refractivity contribution >= 4 is 11.7 Å². The minimum Gasteiger partial charge on any atom is -0.371 e. The second-order valence-electron chi connectivity index (χ2n) is 4.83. The van der Waals surface area contributed by atoms with E-state index < -0.39 is 23.6 Å². The number of nitrogens with zero attached hydrogens (tertiary/aromatic N) is 2. The Morgan fingerprint density at radius 3 is 2.64 bits per heavy atom. The van der Waals surface area contributed by atoms with E-state index >= 15 is 0 Å². The van der Waals surface area contributed by atoms with Crippen LogP contribution in [-0.2, 0) is 0 Å². The first-order valence-electron chi connectivity index (χ1n) is 6.69. The maximum absolute atomic E-state index is 13.3. The van der Waals surface area contributed by atoms with Gasteiger partial charge in [-0.1, -0.05) is 6.07 Å². The number of rotatable bonds is 4. The van der Waals surface area contributed by atoms with Crippen LogP contribution >= 0.6 is 0 Å². The van der Waals surface area contributed by atoms with Crippen molar-refractivity contribution in [2.24, 2.45) is 0 Å². The fourth-order valence-corrected chi connectivity index (χ4v) is 1.95. The van der Waals surface area contributed by atoms with Gasteiger partial charge in [0, 0.05) is 7.05 Å². The lowest BCUT2D eigenvalue weighted by Gasteiger charge is -2.15. The van der Waals surface area contributed by atoms with Crippen LogP contribution in [0.25, 0.3) is 0 Å². The average Bonchev–Trinajstić information content (AvgIpc) is 2.49. The summed E-state index contributed by atoms with van der Waals surface area (Å²) in [7, 11) is 1.63. The Labute approximate surface area is 126 Å². The monoisotopic (exact) mass is 306 g/mol. The molecule has 22 heavy (non-hydrogen) atoms. The molecule has 7 heteroatoms. The molecule has 0 spiro atoms. The third kappa shape index (κ3) is 3.36. The van der Waals surface area contributed by atoms with Gasteiger partial charge in [-0.15, -0.1) is 0 Å². The number of hydrogen-bond acceptors (Lipinski definition) is 4. The Morgan fingerprint density at radius 2 is 2.00 bits per heavy atom.